The molecule has 4 atom stereocenters. The number of carbonyl (C=O) groups excluding carboxylic acids is 4. The topological polar surface area (TPSA) is 127 Å². The third-order valence-corrected chi connectivity index (χ3v) is 8.04. The highest BCUT2D eigenvalue weighted by molar-refractivity contribution is 5.95. The van der Waals surface area contributed by atoms with Gasteiger partial charge >= 0.3 is 11.9 Å². The number of hydrogen-bond acceptors (Lipinski definition) is 7. The minimum absolute atomic E-state index is 0.0142. The molecule has 1 aromatic carbocycles. The summed E-state index contributed by atoms with van der Waals surface area (Å²) in [5, 5.41) is 5.28. The lowest BCUT2D eigenvalue weighted by atomic mass is 10.00. The van der Waals surface area contributed by atoms with Gasteiger partial charge in [0.25, 0.3) is 11.8 Å². The molecule has 3 aliphatic rings. The Morgan fingerprint density at radius 3 is 2.53 bits per heavy atom. The molecule has 2 N–H and O–H groups in total. The second-order valence-corrected chi connectivity index (χ2v) is 11.7. The lowest BCUT2D eigenvalue weighted by molar-refractivity contribution is -0.144. The Hall–Kier alpha value is -4.09. The Morgan fingerprint density at radius 2 is 1.88 bits per heavy atom. The number of likely N-dealkylation sites (tertiary alicyclic amines) is 1. The van der Waals surface area contributed by atoms with E-state index < -0.39 is 41.8 Å². The zero-order chi connectivity index (χ0) is 30.7. The number of piperidine rings is 1. The van der Waals surface area contributed by atoms with Crippen LogP contribution in [-0.4, -0.2) is 71.3 Å². The van der Waals surface area contributed by atoms with E-state index in [1.165, 1.54) is 11.8 Å². The van der Waals surface area contributed by atoms with E-state index in [0.717, 1.165) is 12.8 Å². The molecule has 1 aromatic heterocycles. The first-order chi connectivity index (χ1) is 20.5. The Morgan fingerprint density at radius 1 is 1.14 bits per heavy atom. The van der Waals surface area contributed by atoms with Gasteiger partial charge in [0.05, 0.1) is 18.4 Å². The van der Waals surface area contributed by atoms with Crippen molar-refractivity contribution in [3.63, 3.8) is 0 Å². The number of hydrogen-bond donors (Lipinski definition) is 2. The van der Waals surface area contributed by atoms with Crippen LogP contribution in [0.3, 0.4) is 0 Å². The molecule has 12 heteroatoms. The van der Waals surface area contributed by atoms with Gasteiger partial charge in [-0.25, -0.2) is 4.98 Å². The highest BCUT2D eigenvalue weighted by Gasteiger charge is 2.37. The predicted octanol–water partition coefficient (Wildman–Crippen LogP) is 3.52. The smallest absolute Gasteiger partial charge is 0.321 e. The normalized spacial score (nSPS) is 21.9. The minimum atomic E-state index is -3.58. The summed E-state index contributed by atoms with van der Waals surface area (Å²) in [5.41, 5.74) is 1.80. The van der Waals surface area contributed by atoms with E-state index in [4.69, 9.17) is 9.47 Å². The average molecular weight is 599 g/mol. The van der Waals surface area contributed by atoms with E-state index in [2.05, 4.69) is 15.6 Å². The number of esters is 1. The maximum Gasteiger partial charge on any atom is 0.321 e. The molecule has 230 valence electrons. The standard InChI is InChI=1S/C31H36F2N4O6/c1-18(35-30(41)31(2,32)33)27(21-11-9-20(10-12-21)19-7-8-19)43-24-6-3-13-34-26(24)28(39)36-23-5-4-14-37(16-23)29(40)22-15-25(38)42-17-22/h3,6,9-13,18-19,22-23,27H,4-5,7-8,14-17H2,1-2H3,(H,35,41)(H,36,39)/t18-,22+,23-,27-/m0/s1. The molecule has 0 radical (unpaired) electrons. The number of amides is 3. The van der Waals surface area contributed by atoms with E-state index >= 15 is 0 Å². The van der Waals surface area contributed by atoms with E-state index in [0.29, 0.717) is 37.8 Å². The van der Waals surface area contributed by atoms with Crippen molar-refractivity contribution in [3.8, 4) is 5.75 Å². The number of cyclic esters (lactones) is 1. The first-order valence-corrected chi connectivity index (χ1v) is 14.6. The number of rotatable bonds is 10. The number of benzene rings is 1. The van der Waals surface area contributed by atoms with Crippen LogP contribution in [0.25, 0.3) is 0 Å². The molecule has 3 fully saturated rings. The second kappa shape index (κ2) is 12.6. The van der Waals surface area contributed by atoms with Crippen LogP contribution in [-0.2, 0) is 19.1 Å². The van der Waals surface area contributed by atoms with Gasteiger partial charge in [0, 0.05) is 32.3 Å². The van der Waals surface area contributed by atoms with Crippen molar-refractivity contribution in [2.45, 2.75) is 76.0 Å². The third-order valence-electron chi connectivity index (χ3n) is 8.04. The first-order valence-electron chi connectivity index (χ1n) is 14.6. The van der Waals surface area contributed by atoms with Crippen molar-refractivity contribution in [1.82, 2.24) is 20.5 Å². The quantitative estimate of drug-likeness (QED) is 0.401. The van der Waals surface area contributed by atoms with Gasteiger partial charge in [0.15, 0.2) is 11.4 Å². The average Bonchev–Trinajstić information content (AvgIpc) is 3.75. The van der Waals surface area contributed by atoms with Crippen LogP contribution in [0.4, 0.5) is 8.78 Å². The summed E-state index contributed by atoms with van der Waals surface area (Å²) < 4.78 is 38.7. The fourth-order valence-electron chi connectivity index (χ4n) is 5.51. The van der Waals surface area contributed by atoms with Crippen molar-refractivity contribution in [1.29, 1.82) is 0 Å². The summed E-state index contributed by atoms with van der Waals surface area (Å²) >= 11 is 0. The number of nitrogens with one attached hydrogen (secondary N) is 2. The molecule has 2 saturated heterocycles. The predicted molar refractivity (Wildman–Crippen MR) is 150 cm³/mol. The Bertz CT molecular complexity index is 1360. The van der Waals surface area contributed by atoms with E-state index in [-0.39, 0.29) is 43.0 Å². The summed E-state index contributed by atoms with van der Waals surface area (Å²) in [6.07, 6.45) is 4.14. The van der Waals surface area contributed by atoms with Crippen molar-refractivity contribution in [2.75, 3.05) is 19.7 Å². The van der Waals surface area contributed by atoms with Gasteiger partial charge < -0.3 is 25.0 Å². The van der Waals surface area contributed by atoms with Crippen LogP contribution < -0.4 is 15.4 Å². The van der Waals surface area contributed by atoms with Gasteiger partial charge in [-0.1, -0.05) is 24.3 Å². The molecule has 5 rings (SSSR count). The first kappa shape index (κ1) is 30.4. The van der Waals surface area contributed by atoms with E-state index in [9.17, 15) is 28.0 Å². The van der Waals surface area contributed by atoms with Crippen molar-refractivity contribution < 1.29 is 37.4 Å². The van der Waals surface area contributed by atoms with Gasteiger partial charge in [-0.05, 0) is 61.8 Å². The van der Waals surface area contributed by atoms with Crippen LogP contribution in [0.2, 0.25) is 0 Å². The number of aromatic nitrogens is 1. The summed E-state index contributed by atoms with van der Waals surface area (Å²) in [6.45, 7) is 2.97. The number of ether oxygens (including phenoxy) is 2. The largest absolute Gasteiger partial charge is 0.481 e. The molecule has 2 aromatic rings. The van der Waals surface area contributed by atoms with Gasteiger partial charge in [-0.3, -0.25) is 19.2 Å². The monoisotopic (exact) mass is 598 g/mol. The molecule has 2 aliphatic heterocycles. The van der Waals surface area contributed by atoms with Crippen LogP contribution in [0.15, 0.2) is 42.6 Å². The molecule has 3 heterocycles. The van der Waals surface area contributed by atoms with Gasteiger partial charge in [-0.15, -0.1) is 0 Å². The molecular weight excluding hydrogens is 562 g/mol. The molecule has 0 unspecified atom stereocenters. The van der Waals surface area contributed by atoms with Crippen LogP contribution in [0, 0.1) is 5.92 Å². The fraction of sp³-hybridized carbons (Fsp3) is 0.516. The number of halogens is 2. The lowest BCUT2D eigenvalue weighted by Crippen LogP contribution is -2.51. The number of pyridine rings is 1. The second-order valence-electron chi connectivity index (χ2n) is 11.7. The van der Waals surface area contributed by atoms with Crippen LogP contribution >= 0.6 is 0 Å². The van der Waals surface area contributed by atoms with Crippen LogP contribution in [0.1, 0.15) is 79.6 Å². The molecule has 0 bridgehead atoms. The molecule has 43 heavy (non-hydrogen) atoms. The van der Waals surface area contributed by atoms with Gasteiger partial charge in [-0.2, -0.15) is 8.78 Å². The van der Waals surface area contributed by atoms with Gasteiger partial charge in [0.1, 0.15) is 12.7 Å². The molecule has 1 aliphatic carbocycles. The summed E-state index contributed by atoms with van der Waals surface area (Å²) in [4.78, 5) is 55.8. The minimum Gasteiger partial charge on any atom is -0.481 e. The number of carbonyl (C=O) groups is 4. The van der Waals surface area contributed by atoms with Crippen molar-refractivity contribution in [2.24, 2.45) is 5.92 Å². The zero-order valence-corrected chi connectivity index (χ0v) is 24.2. The SMILES string of the molecule is C[C@H](NC(=O)C(C)(F)F)[C@H](Oc1cccnc1C(=O)N[C@H]1CCCN(C(=O)[C@H]2COC(=O)C2)C1)c1ccc(C2CC2)cc1. The Kier molecular flexibility index (Phi) is 8.93. The highest BCUT2D eigenvalue weighted by atomic mass is 19.3. The van der Waals surface area contributed by atoms with Crippen molar-refractivity contribution >= 4 is 23.7 Å². The molecule has 0 spiro atoms. The molecule has 3 amide bonds. The fourth-order valence-corrected chi connectivity index (χ4v) is 5.51. The zero-order valence-electron chi connectivity index (χ0n) is 24.2. The maximum atomic E-state index is 13.7. The third kappa shape index (κ3) is 7.47. The Labute approximate surface area is 248 Å². The van der Waals surface area contributed by atoms with Crippen LogP contribution in [0.5, 0.6) is 5.75 Å². The number of nitrogens with zero attached hydrogens (tertiary/aromatic N) is 2. The Balaban J connectivity index is 1.31. The van der Waals surface area contributed by atoms with E-state index in [1.54, 1.807) is 24.0 Å². The molecular formula is C31H36F2N4O6. The molecule has 1 saturated carbocycles. The summed E-state index contributed by atoms with van der Waals surface area (Å²) in [5.74, 6) is -5.98. The molecule has 10 nitrogen and oxygen atoms in total. The van der Waals surface area contributed by atoms with Crippen molar-refractivity contribution in [3.05, 3.63) is 59.4 Å². The van der Waals surface area contributed by atoms with Gasteiger partial charge in [0.2, 0.25) is 5.91 Å². The summed E-state index contributed by atoms with van der Waals surface area (Å²) in [6, 6.07) is 9.54. The summed E-state index contributed by atoms with van der Waals surface area (Å²) in [7, 11) is 0. The lowest BCUT2D eigenvalue weighted by Gasteiger charge is -2.34. The highest BCUT2D eigenvalue weighted by Crippen LogP contribution is 2.40. The maximum absolute atomic E-state index is 13.7. The van der Waals surface area contributed by atoms with E-state index in [1.807, 2.05) is 24.3 Å². The number of alkyl halides is 2.